The van der Waals surface area contributed by atoms with Crippen LogP contribution in [0.3, 0.4) is 0 Å². The Morgan fingerprint density at radius 1 is 0.951 bits per heavy atom. The fraction of sp³-hybridized carbons (Fsp3) is 0.857. The van der Waals surface area contributed by atoms with Crippen molar-refractivity contribution in [3.8, 4) is 0 Å². The topological polar surface area (TPSA) is 84.5 Å². The minimum Gasteiger partial charge on any atom is -0.461 e. The first-order chi connectivity index (χ1) is 19.1. The zero-order valence-electron chi connectivity index (χ0n) is 27.2. The number of carbonyl (C=O) groups excluding carboxylic acids is 3. The SMILES string of the molecule is CNCCNC(=O)[C@]1(C)C2CC[C@]3(C)C(C(=O)C=C4C5[C@@H](C)[C@H](C)CC[C@]5(C)CC[C@]43C)[C@@]2(C)CC[C@H]1OC(C)=O. The highest BCUT2D eigenvalue weighted by atomic mass is 16.5. The third-order valence-electron chi connectivity index (χ3n) is 14.2. The van der Waals surface area contributed by atoms with Gasteiger partial charge in [-0.1, -0.05) is 47.1 Å². The molecule has 5 aliphatic rings. The van der Waals surface area contributed by atoms with Gasteiger partial charge in [0, 0.05) is 25.9 Å². The molecule has 41 heavy (non-hydrogen) atoms. The summed E-state index contributed by atoms with van der Waals surface area (Å²) in [4.78, 5) is 40.9. The van der Waals surface area contributed by atoms with Crippen LogP contribution in [0.2, 0.25) is 0 Å². The van der Waals surface area contributed by atoms with E-state index in [0.717, 1.165) is 25.7 Å². The minimum atomic E-state index is -0.891. The van der Waals surface area contributed by atoms with Gasteiger partial charge in [-0.25, -0.2) is 0 Å². The Labute approximate surface area is 248 Å². The third-order valence-corrected chi connectivity index (χ3v) is 14.2. The molecule has 0 bridgehead atoms. The predicted octanol–water partition coefficient (Wildman–Crippen LogP) is 6.09. The fourth-order valence-electron chi connectivity index (χ4n) is 11.5. The minimum absolute atomic E-state index is 0.0345. The van der Waals surface area contributed by atoms with Gasteiger partial charge in [-0.15, -0.1) is 0 Å². The average molecular weight is 569 g/mol. The number of nitrogens with one attached hydrogen (secondary N) is 2. The number of rotatable bonds is 5. The van der Waals surface area contributed by atoms with E-state index in [2.05, 4.69) is 58.3 Å². The molecule has 5 aliphatic carbocycles. The molecule has 0 radical (unpaired) electrons. The molecule has 5 rings (SSSR count). The summed E-state index contributed by atoms with van der Waals surface area (Å²) < 4.78 is 5.90. The molecule has 2 N–H and O–H groups in total. The van der Waals surface area contributed by atoms with E-state index in [1.165, 1.54) is 31.8 Å². The molecule has 1 amide bonds. The maximum absolute atomic E-state index is 14.6. The van der Waals surface area contributed by atoms with Crippen molar-refractivity contribution in [2.45, 2.75) is 113 Å². The van der Waals surface area contributed by atoms with Crippen LogP contribution in [0, 0.1) is 56.7 Å². The van der Waals surface area contributed by atoms with Gasteiger partial charge < -0.3 is 15.4 Å². The van der Waals surface area contributed by atoms with Gasteiger partial charge in [-0.05, 0) is 117 Å². The highest BCUT2D eigenvalue weighted by molar-refractivity contribution is 5.96. The second-order valence-corrected chi connectivity index (χ2v) is 16.1. The van der Waals surface area contributed by atoms with Gasteiger partial charge in [-0.3, -0.25) is 14.4 Å². The largest absolute Gasteiger partial charge is 0.461 e. The van der Waals surface area contributed by atoms with Crippen LogP contribution < -0.4 is 10.6 Å². The van der Waals surface area contributed by atoms with Gasteiger partial charge in [-0.2, -0.15) is 0 Å². The van der Waals surface area contributed by atoms with Crippen molar-refractivity contribution in [3.63, 3.8) is 0 Å². The van der Waals surface area contributed by atoms with Crippen molar-refractivity contribution in [2.75, 3.05) is 20.1 Å². The number of ketones is 1. The molecule has 6 nitrogen and oxygen atoms in total. The van der Waals surface area contributed by atoms with E-state index >= 15 is 0 Å². The summed E-state index contributed by atoms with van der Waals surface area (Å²) in [6.07, 6.45) is 9.69. The van der Waals surface area contributed by atoms with Crippen LogP contribution in [0.15, 0.2) is 11.6 Å². The van der Waals surface area contributed by atoms with E-state index in [1.807, 2.05) is 14.0 Å². The number of likely N-dealkylation sites (N-methyl/N-ethyl adjacent to an activating group) is 1. The van der Waals surface area contributed by atoms with Crippen molar-refractivity contribution in [1.29, 1.82) is 0 Å². The van der Waals surface area contributed by atoms with Crippen LogP contribution in [0.5, 0.6) is 0 Å². The molecular weight excluding hydrogens is 512 g/mol. The van der Waals surface area contributed by atoms with E-state index in [1.54, 1.807) is 0 Å². The van der Waals surface area contributed by atoms with Crippen LogP contribution in [0.1, 0.15) is 107 Å². The number of hydrogen-bond donors (Lipinski definition) is 2. The van der Waals surface area contributed by atoms with Crippen LogP contribution in [-0.2, 0) is 19.1 Å². The Balaban J connectivity index is 1.58. The highest BCUT2D eigenvalue weighted by Crippen LogP contribution is 2.75. The van der Waals surface area contributed by atoms with Gasteiger partial charge in [0.15, 0.2) is 5.78 Å². The summed E-state index contributed by atoms with van der Waals surface area (Å²) in [5, 5.41) is 6.25. The standard InChI is InChI=1S/C35H56N2O4/c1-21-10-13-31(4)16-17-33(6)24(28(31)22(21)2)20-25(39)29-32(5)14-12-27(41-23(3)38)35(8,30(40)37-19-18-36-9)26(32)11-15-34(29,33)7/h20-22,26-29,36H,10-19H2,1-9H3,(H,37,40)/t21-,22+,26?,27-,28?,29?,31-,32+,33-,34-,35-/m1/s1. The van der Waals surface area contributed by atoms with Gasteiger partial charge in [0.05, 0.1) is 5.41 Å². The Hall–Kier alpha value is -1.69. The van der Waals surface area contributed by atoms with Crippen LogP contribution >= 0.6 is 0 Å². The van der Waals surface area contributed by atoms with E-state index in [-0.39, 0.29) is 51.2 Å². The van der Waals surface area contributed by atoms with Gasteiger partial charge in [0.25, 0.3) is 0 Å². The highest BCUT2D eigenvalue weighted by Gasteiger charge is 2.72. The van der Waals surface area contributed by atoms with Crippen molar-refractivity contribution < 1.29 is 19.1 Å². The average Bonchev–Trinajstić information content (AvgIpc) is 2.89. The Kier molecular flexibility index (Phi) is 7.65. The van der Waals surface area contributed by atoms with Crippen molar-refractivity contribution >= 4 is 17.7 Å². The Bertz CT molecular complexity index is 1130. The molecule has 0 aromatic carbocycles. The predicted molar refractivity (Wildman–Crippen MR) is 162 cm³/mol. The molecule has 0 spiro atoms. The van der Waals surface area contributed by atoms with Crippen LogP contribution in [0.4, 0.5) is 0 Å². The number of carbonyl (C=O) groups is 3. The summed E-state index contributed by atoms with van der Waals surface area (Å²) in [5.41, 5.74) is 0.266. The third kappa shape index (κ3) is 4.23. The monoisotopic (exact) mass is 568 g/mol. The first kappa shape index (κ1) is 30.8. The maximum atomic E-state index is 14.6. The van der Waals surface area contributed by atoms with E-state index in [4.69, 9.17) is 4.74 Å². The summed E-state index contributed by atoms with van der Waals surface area (Å²) in [6, 6.07) is 0. The molecule has 0 aliphatic heterocycles. The zero-order valence-corrected chi connectivity index (χ0v) is 27.2. The molecule has 11 atom stereocenters. The number of amides is 1. The maximum Gasteiger partial charge on any atom is 0.302 e. The molecule has 230 valence electrons. The molecule has 4 saturated carbocycles. The second-order valence-electron chi connectivity index (χ2n) is 16.1. The fourth-order valence-corrected chi connectivity index (χ4v) is 11.5. The van der Waals surface area contributed by atoms with E-state index in [9.17, 15) is 14.4 Å². The first-order valence-corrected chi connectivity index (χ1v) is 16.5. The number of esters is 1. The molecule has 0 saturated heterocycles. The zero-order chi connectivity index (χ0) is 30.2. The first-order valence-electron chi connectivity index (χ1n) is 16.5. The molecule has 0 heterocycles. The lowest BCUT2D eigenvalue weighted by molar-refractivity contribution is -0.214. The smallest absolute Gasteiger partial charge is 0.302 e. The Morgan fingerprint density at radius 2 is 1.66 bits per heavy atom. The van der Waals surface area contributed by atoms with Crippen LogP contribution in [0.25, 0.3) is 0 Å². The summed E-state index contributed by atoms with van der Waals surface area (Å²) in [5.74, 6) is 1.39. The number of allylic oxidation sites excluding steroid dienone is 2. The van der Waals surface area contributed by atoms with Crippen molar-refractivity contribution in [2.24, 2.45) is 56.7 Å². The number of fused-ring (bicyclic) bond motifs is 7. The van der Waals surface area contributed by atoms with Gasteiger partial charge in [0.2, 0.25) is 5.91 Å². The summed E-state index contributed by atoms with van der Waals surface area (Å²) >= 11 is 0. The molecular formula is C35H56N2O4. The summed E-state index contributed by atoms with van der Waals surface area (Å²) in [7, 11) is 1.87. The lowest BCUT2D eigenvalue weighted by Crippen LogP contribution is -2.69. The molecule has 0 aromatic rings. The Morgan fingerprint density at radius 3 is 2.32 bits per heavy atom. The van der Waals surface area contributed by atoms with Crippen molar-refractivity contribution in [1.82, 2.24) is 10.6 Å². The molecule has 0 aromatic heterocycles. The van der Waals surface area contributed by atoms with Crippen molar-refractivity contribution in [3.05, 3.63) is 11.6 Å². The lowest BCUT2D eigenvalue weighted by atomic mass is 9.33. The van der Waals surface area contributed by atoms with Gasteiger partial charge >= 0.3 is 5.97 Å². The van der Waals surface area contributed by atoms with E-state index in [0.29, 0.717) is 37.3 Å². The molecule has 6 heteroatoms. The normalized spacial score (nSPS) is 49.0. The van der Waals surface area contributed by atoms with Gasteiger partial charge in [0.1, 0.15) is 6.10 Å². The molecule has 4 fully saturated rings. The number of ether oxygens (including phenoxy) is 1. The van der Waals surface area contributed by atoms with E-state index < -0.39 is 11.5 Å². The summed E-state index contributed by atoms with van der Waals surface area (Å²) in [6.45, 7) is 19.2. The quantitative estimate of drug-likeness (QED) is 0.310. The van der Waals surface area contributed by atoms with Crippen LogP contribution in [-0.4, -0.2) is 43.9 Å². The lowest BCUT2D eigenvalue weighted by Gasteiger charge is -2.70. The second kappa shape index (κ2) is 10.2. The number of hydrogen-bond acceptors (Lipinski definition) is 5. The molecule has 3 unspecified atom stereocenters.